The molecule has 92 valence electrons. The first-order chi connectivity index (χ1) is 8.36. The van der Waals surface area contributed by atoms with E-state index < -0.39 is 0 Å². The molecule has 1 aromatic carbocycles. The van der Waals surface area contributed by atoms with E-state index in [4.69, 9.17) is 5.73 Å². The van der Waals surface area contributed by atoms with Crippen molar-refractivity contribution < 1.29 is 0 Å². The van der Waals surface area contributed by atoms with Crippen LogP contribution in [0.3, 0.4) is 0 Å². The second-order valence-corrected chi connectivity index (χ2v) is 5.49. The molecule has 1 saturated carbocycles. The van der Waals surface area contributed by atoms with Gasteiger partial charge in [-0.1, -0.05) is 12.1 Å². The first kappa shape index (κ1) is 11.1. The van der Waals surface area contributed by atoms with Crippen molar-refractivity contribution in [3.8, 4) is 0 Å². The molecule has 2 aliphatic rings. The highest BCUT2D eigenvalue weighted by Crippen LogP contribution is 2.35. The summed E-state index contributed by atoms with van der Waals surface area (Å²) in [5, 5.41) is 0. The summed E-state index contributed by atoms with van der Waals surface area (Å²) >= 11 is 0. The van der Waals surface area contributed by atoms with E-state index in [0.29, 0.717) is 0 Å². The van der Waals surface area contributed by atoms with Crippen LogP contribution in [-0.4, -0.2) is 19.6 Å². The van der Waals surface area contributed by atoms with Crippen LogP contribution in [0.4, 0.5) is 5.69 Å². The van der Waals surface area contributed by atoms with E-state index in [2.05, 4.69) is 23.1 Å². The van der Waals surface area contributed by atoms with Crippen molar-refractivity contribution in [2.75, 3.05) is 24.5 Å². The van der Waals surface area contributed by atoms with E-state index in [1.165, 1.54) is 43.6 Å². The van der Waals surface area contributed by atoms with Gasteiger partial charge in [0.25, 0.3) is 0 Å². The molecular weight excluding hydrogens is 208 g/mol. The van der Waals surface area contributed by atoms with Crippen molar-refractivity contribution in [3.63, 3.8) is 0 Å². The lowest BCUT2D eigenvalue weighted by Gasteiger charge is -2.19. The molecule has 0 saturated heterocycles. The van der Waals surface area contributed by atoms with Gasteiger partial charge >= 0.3 is 0 Å². The Balaban J connectivity index is 1.74. The third-order valence-corrected chi connectivity index (χ3v) is 3.99. The topological polar surface area (TPSA) is 29.3 Å². The standard InChI is InChI=1S/C15H22N2/c16-8-1-2-12-5-6-14-7-9-17(15(14)10-12)11-13-3-4-13/h5-6,10,13H,1-4,7-9,11,16H2. The smallest absolute Gasteiger partial charge is 0.0402 e. The van der Waals surface area contributed by atoms with Gasteiger partial charge < -0.3 is 10.6 Å². The molecule has 0 unspecified atom stereocenters. The van der Waals surface area contributed by atoms with Gasteiger partial charge in [-0.25, -0.2) is 0 Å². The van der Waals surface area contributed by atoms with Crippen LogP contribution in [0.5, 0.6) is 0 Å². The number of fused-ring (bicyclic) bond motifs is 1. The number of aryl methyl sites for hydroxylation is 1. The molecule has 3 rings (SSSR count). The van der Waals surface area contributed by atoms with Crippen LogP contribution in [-0.2, 0) is 12.8 Å². The van der Waals surface area contributed by atoms with Gasteiger partial charge in [0.2, 0.25) is 0 Å². The highest BCUT2D eigenvalue weighted by Gasteiger charge is 2.27. The van der Waals surface area contributed by atoms with E-state index in [1.54, 1.807) is 5.56 Å². The van der Waals surface area contributed by atoms with Gasteiger partial charge in [0, 0.05) is 18.8 Å². The summed E-state index contributed by atoms with van der Waals surface area (Å²) in [6.45, 7) is 3.31. The monoisotopic (exact) mass is 230 g/mol. The van der Waals surface area contributed by atoms with Crippen molar-refractivity contribution in [2.45, 2.75) is 32.1 Å². The number of nitrogens with zero attached hydrogens (tertiary/aromatic N) is 1. The Morgan fingerprint density at radius 1 is 1.29 bits per heavy atom. The van der Waals surface area contributed by atoms with Crippen LogP contribution < -0.4 is 10.6 Å². The van der Waals surface area contributed by atoms with Crippen molar-refractivity contribution >= 4 is 5.69 Å². The zero-order valence-corrected chi connectivity index (χ0v) is 10.5. The maximum atomic E-state index is 5.58. The lowest BCUT2D eigenvalue weighted by atomic mass is 10.1. The van der Waals surface area contributed by atoms with Gasteiger partial charge in [0.1, 0.15) is 0 Å². The van der Waals surface area contributed by atoms with Crippen LogP contribution in [0.2, 0.25) is 0 Å². The fourth-order valence-electron chi connectivity index (χ4n) is 2.75. The lowest BCUT2D eigenvalue weighted by Crippen LogP contribution is -2.23. The Morgan fingerprint density at radius 3 is 2.94 bits per heavy atom. The fourth-order valence-corrected chi connectivity index (χ4v) is 2.75. The number of hydrogen-bond donors (Lipinski definition) is 1. The summed E-state index contributed by atoms with van der Waals surface area (Å²) < 4.78 is 0. The quantitative estimate of drug-likeness (QED) is 0.841. The third kappa shape index (κ3) is 2.47. The van der Waals surface area contributed by atoms with Crippen molar-refractivity contribution in [1.29, 1.82) is 0 Å². The minimum atomic E-state index is 0.795. The Bertz CT molecular complexity index is 396. The zero-order chi connectivity index (χ0) is 11.7. The van der Waals surface area contributed by atoms with E-state index >= 15 is 0 Å². The first-order valence-corrected chi connectivity index (χ1v) is 6.93. The molecular formula is C15H22N2. The zero-order valence-electron chi connectivity index (χ0n) is 10.5. The number of anilines is 1. The molecule has 2 heteroatoms. The molecule has 0 radical (unpaired) electrons. The van der Waals surface area contributed by atoms with Crippen LogP contribution in [0, 0.1) is 5.92 Å². The Morgan fingerprint density at radius 2 is 2.18 bits per heavy atom. The van der Waals surface area contributed by atoms with Gasteiger partial charge in [-0.2, -0.15) is 0 Å². The molecule has 1 heterocycles. The second-order valence-electron chi connectivity index (χ2n) is 5.49. The number of benzene rings is 1. The highest BCUT2D eigenvalue weighted by atomic mass is 15.2. The summed E-state index contributed by atoms with van der Waals surface area (Å²) in [7, 11) is 0. The molecule has 0 aromatic heterocycles. The highest BCUT2D eigenvalue weighted by molar-refractivity contribution is 5.59. The molecule has 0 amide bonds. The predicted molar refractivity (Wildman–Crippen MR) is 72.5 cm³/mol. The van der Waals surface area contributed by atoms with Crippen molar-refractivity contribution in [2.24, 2.45) is 11.7 Å². The number of rotatable bonds is 5. The van der Waals surface area contributed by atoms with Gasteiger partial charge in [0.05, 0.1) is 0 Å². The molecule has 1 fully saturated rings. The van der Waals surface area contributed by atoms with Crippen LogP contribution >= 0.6 is 0 Å². The average molecular weight is 230 g/mol. The molecule has 0 bridgehead atoms. The van der Waals surface area contributed by atoms with Crippen LogP contribution in [0.25, 0.3) is 0 Å². The van der Waals surface area contributed by atoms with Crippen molar-refractivity contribution in [3.05, 3.63) is 29.3 Å². The summed E-state index contributed by atoms with van der Waals surface area (Å²) in [6, 6.07) is 7.02. The lowest BCUT2D eigenvalue weighted by molar-refractivity contribution is 0.746. The SMILES string of the molecule is NCCCc1ccc2c(c1)N(CC1CC1)CC2. The van der Waals surface area contributed by atoms with E-state index in [-0.39, 0.29) is 0 Å². The Labute approximate surface area is 104 Å². The van der Waals surface area contributed by atoms with E-state index in [1.807, 2.05) is 0 Å². The molecule has 1 aliphatic heterocycles. The van der Waals surface area contributed by atoms with E-state index in [0.717, 1.165) is 25.3 Å². The summed E-state index contributed by atoms with van der Waals surface area (Å²) in [4.78, 5) is 2.60. The maximum absolute atomic E-state index is 5.58. The van der Waals surface area contributed by atoms with Crippen molar-refractivity contribution in [1.82, 2.24) is 0 Å². The molecule has 2 nitrogen and oxygen atoms in total. The summed E-state index contributed by atoms with van der Waals surface area (Å²) in [6.07, 6.45) is 6.35. The largest absolute Gasteiger partial charge is 0.371 e. The molecule has 1 aromatic rings. The summed E-state index contributed by atoms with van der Waals surface area (Å²) in [5.74, 6) is 0.980. The molecule has 17 heavy (non-hydrogen) atoms. The molecule has 0 spiro atoms. The fraction of sp³-hybridized carbons (Fsp3) is 0.600. The van der Waals surface area contributed by atoms with Crippen LogP contribution in [0.1, 0.15) is 30.4 Å². The molecule has 1 aliphatic carbocycles. The minimum absolute atomic E-state index is 0.795. The third-order valence-electron chi connectivity index (χ3n) is 3.99. The summed E-state index contributed by atoms with van der Waals surface area (Å²) in [5.41, 5.74) is 10.1. The maximum Gasteiger partial charge on any atom is 0.0402 e. The van der Waals surface area contributed by atoms with Gasteiger partial charge in [-0.3, -0.25) is 0 Å². The van der Waals surface area contributed by atoms with Gasteiger partial charge in [-0.05, 0) is 61.8 Å². The number of hydrogen-bond acceptors (Lipinski definition) is 2. The second kappa shape index (κ2) is 4.69. The van der Waals surface area contributed by atoms with Crippen LogP contribution in [0.15, 0.2) is 18.2 Å². The Kier molecular flexibility index (Phi) is 3.06. The van der Waals surface area contributed by atoms with Gasteiger partial charge in [0.15, 0.2) is 0 Å². The number of nitrogens with two attached hydrogens (primary N) is 1. The first-order valence-electron chi connectivity index (χ1n) is 6.93. The molecule has 2 N–H and O–H groups in total. The van der Waals surface area contributed by atoms with Gasteiger partial charge in [-0.15, -0.1) is 0 Å². The molecule has 0 atom stereocenters. The normalized spacial score (nSPS) is 18.5. The predicted octanol–water partition coefficient (Wildman–Crippen LogP) is 2.35. The average Bonchev–Trinajstić information content (AvgIpc) is 3.08. The minimum Gasteiger partial charge on any atom is -0.371 e. The van der Waals surface area contributed by atoms with E-state index in [9.17, 15) is 0 Å². The Hall–Kier alpha value is -1.02.